The third kappa shape index (κ3) is 4.80. The van der Waals surface area contributed by atoms with Gasteiger partial charge in [0.1, 0.15) is 18.2 Å². The maximum Gasteiger partial charge on any atom is 0.124 e. The van der Waals surface area contributed by atoms with E-state index in [4.69, 9.17) is 10.5 Å². The van der Waals surface area contributed by atoms with E-state index >= 15 is 0 Å². The van der Waals surface area contributed by atoms with Crippen molar-refractivity contribution in [1.29, 1.82) is 0 Å². The normalized spacial score (nSPS) is 12.2. The van der Waals surface area contributed by atoms with Gasteiger partial charge in [-0.2, -0.15) is 0 Å². The molecular weight excluding hydrogens is 401 g/mol. The van der Waals surface area contributed by atoms with Gasteiger partial charge in [0.2, 0.25) is 0 Å². The largest absolute Gasteiger partial charge is 0.489 e. The van der Waals surface area contributed by atoms with Crippen molar-refractivity contribution >= 4 is 31.9 Å². The molecule has 2 N–H and O–H groups in total. The fourth-order valence-electron chi connectivity index (χ4n) is 1.94. The van der Waals surface area contributed by atoms with Crippen LogP contribution in [-0.4, -0.2) is 6.04 Å². The van der Waals surface area contributed by atoms with Crippen molar-refractivity contribution in [3.8, 4) is 5.75 Å². The van der Waals surface area contributed by atoms with Crippen LogP contribution >= 0.6 is 31.9 Å². The highest BCUT2D eigenvalue weighted by atomic mass is 79.9. The second-order valence-corrected chi connectivity index (χ2v) is 6.67. The highest BCUT2D eigenvalue weighted by Gasteiger charge is 2.07. The van der Waals surface area contributed by atoms with Gasteiger partial charge in [-0.3, -0.25) is 0 Å². The maximum absolute atomic E-state index is 13.0. The van der Waals surface area contributed by atoms with Gasteiger partial charge in [0, 0.05) is 20.6 Å². The van der Waals surface area contributed by atoms with Gasteiger partial charge in [0.05, 0.1) is 0 Å². The first-order valence-corrected chi connectivity index (χ1v) is 8.15. The maximum atomic E-state index is 13.0. The summed E-state index contributed by atoms with van der Waals surface area (Å²) in [5.74, 6) is 0.499. The Morgan fingerprint density at radius 3 is 2.52 bits per heavy atom. The Morgan fingerprint density at radius 1 is 1.10 bits per heavy atom. The van der Waals surface area contributed by atoms with Gasteiger partial charge in [-0.05, 0) is 49.2 Å². The molecule has 2 nitrogen and oxygen atoms in total. The first kappa shape index (κ1) is 16.5. The van der Waals surface area contributed by atoms with Crippen molar-refractivity contribution in [2.75, 3.05) is 0 Å². The molecule has 0 spiro atoms. The average molecular weight is 417 g/mol. The number of nitrogens with two attached hydrogens (primary N) is 1. The lowest BCUT2D eigenvalue weighted by Gasteiger charge is -2.12. The van der Waals surface area contributed by atoms with E-state index in [0.717, 1.165) is 27.8 Å². The minimum absolute atomic E-state index is 0.0859. The molecule has 1 unspecified atom stereocenters. The summed E-state index contributed by atoms with van der Waals surface area (Å²) in [4.78, 5) is 0. The zero-order valence-electron chi connectivity index (χ0n) is 11.6. The van der Waals surface area contributed by atoms with Crippen LogP contribution in [0.15, 0.2) is 45.3 Å². The Balaban J connectivity index is 2.09. The number of halogens is 3. The molecule has 0 saturated carbocycles. The monoisotopic (exact) mass is 415 g/mol. The van der Waals surface area contributed by atoms with Crippen LogP contribution in [0.1, 0.15) is 18.1 Å². The van der Waals surface area contributed by atoms with E-state index in [1.54, 1.807) is 6.07 Å². The van der Waals surface area contributed by atoms with Crippen LogP contribution < -0.4 is 10.5 Å². The van der Waals surface area contributed by atoms with E-state index in [0.29, 0.717) is 11.1 Å². The number of rotatable bonds is 5. The van der Waals surface area contributed by atoms with Crippen molar-refractivity contribution < 1.29 is 9.13 Å². The minimum atomic E-state index is -0.270. The fourth-order valence-corrected chi connectivity index (χ4v) is 2.82. The summed E-state index contributed by atoms with van der Waals surface area (Å²) in [6, 6.07) is 10.5. The molecule has 2 aromatic rings. The Labute approximate surface area is 140 Å². The van der Waals surface area contributed by atoms with Crippen molar-refractivity contribution in [2.24, 2.45) is 5.73 Å². The number of ether oxygens (including phenoxy) is 1. The highest BCUT2D eigenvalue weighted by molar-refractivity contribution is 9.10. The molecule has 2 aromatic carbocycles. The zero-order valence-corrected chi connectivity index (χ0v) is 14.7. The van der Waals surface area contributed by atoms with E-state index in [2.05, 4.69) is 31.9 Å². The van der Waals surface area contributed by atoms with Gasteiger partial charge in [-0.15, -0.1) is 0 Å². The molecule has 0 fully saturated rings. The van der Waals surface area contributed by atoms with Gasteiger partial charge in [0.15, 0.2) is 0 Å². The second kappa shape index (κ2) is 7.38. The molecule has 1 atom stereocenters. The lowest BCUT2D eigenvalue weighted by atomic mass is 10.1. The predicted octanol–water partition coefficient (Wildman–Crippen LogP) is 4.82. The van der Waals surface area contributed by atoms with Crippen LogP contribution in [0.3, 0.4) is 0 Å². The molecule has 5 heteroatoms. The lowest BCUT2D eigenvalue weighted by molar-refractivity contribution is 0.305. The molecule has 0 aliphatic carbocycles. The molecule has 0 radical (unpaired) electrons. The van der Waals surface area contributed by atoms with Crippen molar-refractivity contribution in [1.82, 2.24) is 0 Å². The zero-order chi connectivity index (χ0) is 15.4. The predicted molar refractivity (Wildman–Crippen MR) is 89.9 cm³/mol. The third-order valence-corrected chi connectivity index (χ3v) is 4.48. The summed E-state index contributed by atoms with van der Waals surface area (Å²) >= 11 is 6.85. The molecule has 2 rings (SSSR count). The third-order valence-electron chi connectivity index (χ3n) is 2.97. The van der Waals surface area contributed by atoms with E-state index in [-0.39, 0.29) is 11.9 Å². The smallest absolute Gasteiger partial charge is 0.124 e. The van der Waals surface area contributed by atoms with Crippen LogP contribution in [-0.2, 0) is 13.0 Å². The molecule has 21 heavy (non-hydrogen) atoms. The first-order chi connectivity index (χ1) is 9.95. The summed E-state index contributed by atoms with van der Waals surface area (Å²) in [6.07, 6.45) is 0.776. The summed E-state index contributed by atoms with van der Waals surface area (Å²) < 4.78 is 20.5. The van der Waals surface area contributed by atoms with Gasteiger partial charge < -0.3 is 10.5 Å². The summed E-state index contributed by atoms with van der Waals surface area (Å²) in [5, 5.41) is 0. The Kier molecular flexibility index (Phi) is 5.79. The van der Waals surface area contributed by atoms with E-state index in [9.17, 15) is 4.39 Å². The minimum Gasteiger partial charge on any atom is -0.489 e. The Morgan fingerprint density at radius 2 is 1.86 bits per heavy atom. The summed E-state index contributed by atoms with van der Waals surface area (Å²) in [6.45, 7) is 2.34. The van der Waals surface area contributed by atoms with Crippen LogP contribution in [0.25, 0.3) is 0 Å². The van der Waals surface area contributed by atoms with Gasteiger partial charge >= 0.3 is 0 Å². The van der Waals surface area contributed by atoms with Crippen molar-refractivity contribution in [3.63, 3.8) is 0 Å². The Bertz CT molecular complexity index is 632. The summed E-state index contributed by atoms with van der Waals surface area (Å²) in [7, 11) is 0. The fraction of sp³-hybridized carbons (Fsp3) is 0.250. The van der Waals surface area contributed by atoms with Crippen LogP contribution in [0, 0.1) is 5.82 Å². The van der Waals surface area contributed by atoms with Crippen LogP contribution in [0.5, 0.6) is 5.75 Å². The first-order valence-electron chi connectivity index (χ1n) is 6.56. The molecule has 0 aliphatic rings. The number of hydrogen-bond donors (Lipinski definition) is 1. The second-order valence-electron chi connectivity index (χ2n) is 4.96. The number of benzene rings is 2. The number of hydrogen-bond acceptors (Lipinski definition) is 2. The van der Waals surface area contributed by atoms with Crippen LogP contribution in [0.4, 0.5) is 4.39 Å². The summed E-state index contributed by atoms with van der Waals surface area (Å²) in [5.41, 5.74) is 7.85. The standard InChI is InChI=1S/C16H16Br2FNO/c1-10(20)6-12-7-14(4-5-15(12)17)21-9-11-2-3-13(19)8-16(11)18/h2-5,7-8,10H,6,9,20H2,1H3. The van der Waals surface area contributed by atoms with Crippen molar-refractivity contribution in [2.45, 2.75) is 26.0 Å². The van der Waals surface area contributed by atoms with E-state index in [1.165, 1.54) is 12.1 Å². The highest BCUT2D eigenvalue weighted by Crippen LogP contribution is 2.25. The van der Waals surface area contributed by atoms with E-state index < -0.39 is 0 Å². The van der Waals surface area contributed by atoms with Crippen LogP contribution in [0.2, 0.25) is 0 Å². The molecule has 112 valence electrons. The van der Waals surface area contributed by atoms with Gasteiger partial charge in [0.25, 0.3) is 0 Å². The molecule has 0 aromatic heterocycles. The lowest BCUT2D eigenvalue weighted by Crippen LogP contribution is -2.18. The molecule has 0 amide bonds. The van der Waals surface area contributed by atoms with Gasteiger partial charge in [-0.1, -0.05) is 37.9 Å². The quantitative estimate of drug-likeness (QED) is 0.758. The molecule has 0 saturated heterocycles. The van der Waals surface area contributed by atoms with Crippen molar-refractivity contribution in [3.05, 3.63) is 62.3 Å². The molecule has 0 aliphatic heterocycles. The SMILES string of the molecule is CC(N)Cc1cc(OCc2ccc(F)cc2Br)ccc1Br. The molecule has 0 heterocycles. The average Bonchev–Trinajstić information content (AvgIpc) is 2.40. The topological polar surface area (TPSA) is 35.2 Å². The van der Waals surface area contributed by atoms with Gasteiger partial charge in [-0.25, -0.2) is 4.39 Å². The molecular formula is C16H16Br2FNO. The van der Waals surface area contributed by atoms with E-state index in [1.807, 2.05) is 25.1 Å². The Hall–Kier alpha value is -0.910. The molecule has 0 bridgehead atoms.